The van der Waals surface area contributed by atoms with Crippen molar-refractivity contribution >= 4 is 16.1 Å². The van der Waals surface area contributed by atoms with Crippen LogP contribution in [-0.4, -0.2) is 61.1 Å². The standard InChI is InChI=1S/C16H17F5N2O4S/c17-15(18)8-12(23-6-1-7-28(23,25)26)9-22(10-15)14(24)27-13-4-2-11(3-5-13)16(19,20)21/h2-5,12H,1,6-10H2/t12-/m1/s1. The number of halogens is 5. The van der Waals surface area contributed by atoms with Gasteiger partial charge in [0.15, 0.2) is 0 Å². The molecule has 1 aromatic carbocycles. The molecule has 1 aromatic rings. The normalized spacial score (nSPS) is 24.9. The number of nitrogens with zero attached hydrogens (tertiary/aromatic N) is 2. The summed E-state index contributed by atoms with van der Waals surface area (Å²) in [5, 5.41) is 0. The molecule has 2 saturated heterocycles. The smallest absolute Gasteiger partial charge is 0.410 e. The third kappa shape index (κ3) is 4.54. The van der Waals surface area contributed by atoms with Crippen molar-refractivity contribution in [1.29, 1.82) is 0 Å². The summed E-state index contributed by atoms with van der Waals surface area (Å²) < 4.78 is 95.8. The SMILES string of the molecule is O=C(Oc1ccc(C(F)(F)F)cc1)N1C[C@H](N2CCCS2(=O)=O)CC(F)(F)C1. The zero-order valence-corrected chi connectivity index (χ0v) is 15.3. The number of rotatable bonds is 2. The maximum Gasteiger partial charge on any atom is 0.416 e. The molecule has 2 heterocycles. The Balaban J connectivity index is 1.72. The van der Waals surface area contributed by atoms with Gasteiger partial charge in [-0.2, -0.15) is 17.5 Å². The fourth-order valence-electron chi connectivity index (χ4n) is 3.35. The summed E-state index contributed by atoms with van der Waals surface area (Å²) in [6.07, 6.45) is -6.14. The lowest BCUT2D eigenvalue weighted by molar-refractivity contribution is -0.137. The van der Waals surface area contributed by atoms with Crippen molar-refractivity contribution in [2.45, 2.75) is 31.0 Å². The van der Waals surface area contributed by atoms with Crippen molar-refractivity contribution in [3.63, 3.8) is 0 Å². The van der Waals surface area contributed by atoms with Gasteiger partial charge in [0, 0.05) is 25.6 Å². The molecule has 1 atom stereocenters. The number of piperidine rings is 1. The summed E-state index contributed by atoms with van der Waals surface area (Å²) in [6, 6.07) is 2.13. The largest absolute Gasteiger partial charge is 0.416 e. The molecule has 0 saturated carbocycles. The van der Waals surface area contributed by atoms with Gasteiger partial charge in [-0.1, -0.05) is 0 Å². The van der Waals surface area contributed by atoms with E-state index in [1.807, 2.05) is 0 Å². The minimum absolute atomic E-state index is 0.102. The number of hydrogen-bond acceptors (Lipinski definition) is 4. The molecule has 0 bridgehead atoms. The Morgan fingerprint density at radius 2 is 1.82 bits per heavy atom. The zero-order chi connectivity index (χ0) is 20.7. The van der Waals surface area contributed by atoms with E-state index in [0.717, 1.165) is 16.4 Å². The Hall–Kier alpha value is -1.95. The predicted molar refractivity (Wildman–Crippen MR) is 87.5 cm³/mol. The van der Waals surface area contributed by atoms with Gasteiger partial charge >= 0.3 is 12.3 Å². The molecule has 156 valence electrons. The second kappa shape index (κ2) is 7.14. The van der Waals surface area contributed by atoms with Crippen molar-refractivity contribution in [1.82, 2.24) is 9.21 Å². The maximum atomic E-state index is 14.1. The topological polar surface area (TPSA) is 66.9 Å². The van der Waals surface area contributed by atoms with Crippen molar-refractivity contribution in [3.05, 3.63) is 29.8 Å². The molecular formula is C16H17F5N2O4S. The first-order valence-electron chi connectivity index (χ1n) is 8.39. The molecule has 0 unspecified atom stereocenters. The lowest BCUT2D eigenvalue weighted by atomic mass is 10.0. The first-order chi connectivity index (χ1) is 12.9. The van der Waals surface area contributed by atoms with Gasteiger partial charge in [-0.25, -0.2) is 22.0 Å². The minimum atomic E-state index is -4.56. The number of likely N-dealkylation sites (tertiary alicyclic amines) is 1. The number of carbonyl (C=O) groups excluding carboxylic acids is 1. The van der Waals surface area contributed by atoms with Crippen LogP contribution in [0.2, 0.25) is 0 Å². The average molecular weight is 428 g/mol. The Morgan fingerprint density at radius 3 is 2.36 bits per heavy atom. The molecule has 0 radical (unpaired) electrons. The molecule has 2 aliphatic heterocycles. The van der Waals surface area contributed by atoms with Crippen molar-refractivity contribution in [2.75, 3.05) is 25.4 Å². The highest BCUT2D eigenvalue weighted by molar-refractivity contribution is 7.89. The van der Waals surface area contributed by atoms with E-state index < -0.39 is 52.8 Å². The maximum absolute atomic E-state index is 14.1. The van der Waals surface area contributed by atoms with Crippen molar-refractivity contribution < 1.29 is 39.9 Å². The highest BCUT2D eigenvalue weighted by atomic mass is 32.2. The van der Waals surface area contributed by atoms with Crippen LogP contribution in [0.3, 0.4) is 0 Å². The molecule has 1 amide bonds. The van der Waals surface area contributed by atoms with Crippen LogP contribution in [0, 0.1) is 0 Å². The lowest BCUT2D eigenvalue weighted by Gasteiger charge is -2.39. The van der Waals surface area contributed by atoms with E-state index in [1.54, 1.807) is 0 Å². The van der Waals surface area contributed by atoms with Gasteiger partial charge in [0.25, 0.3) is 5.92 Å². The van der Waals surface area contributed by atoms with E-state index in [2.05, 4.69) is 0 Å². The highest BCUT2D eigenvalue weighted by Gasteiger charge is 2.48. The first kappa shape index (κ1) is 20.8. The van der Waals surface area contributed by atoms with E-state index in [-0.39, 0.29) is 24.6 Å². The molecule has 28 heavy (non-hydrogen) atoms. The summed E-state index contributed by atoms with van der Waals surface area (Å²) in [5.41, 5.74) is -0.948. The van der Waals surface area contributed by atoms with E-state index >= 15 is 0 Å². The minimum Gasteiger partial charge on any atom is -0.410 e. The van der Waals surface area contributed by atoms with Gasteiger partial charge in [-0.3, -0.25) is 0 Å². The van der Waals surface area contributed by atoms with E-state index in [1.165, 1.54) is 0 Å². The summed E-state index contributed by atoms with van der Waals surface area (Å²) in [5.74, 6) is -3.69. The van der Waals surface area contributed by atoms with Crippen LogP contribution < -0.4 is 4.74 Å². The predicted octanol–water partition coefficient (Wildman–Crippen LogP) is 2.95. The number of amides is 1. The molecule has 2 aliphatic rings. The van der Waals surface area contributed by atoms with E-state index in [4.69, 9.17) is 4.74 Å². The van der Waals surface area contributed by atoms with Crippen LogP contribution in [0.1, 0.15) is 18.4 Å². The van der Waals surface area contributed by atoms with Crippen LogP contribution in [0.15, 0.2) is 24.3 Å². The van der Waals surface area contributed by atoms with Crippen LogP contribution in [0.5, 0.6) is 5.75 Å². The Labute approximate surface area is 157 Å². The number of benzene rings is 1. The molecular weight excluding hydrogens is 411 g/mol. The van der Waals surface area contributed by atoms with Crippen LogP contribution in [-0.2, 0) is 16.2 Å². The second-order valence-electron chi connectivity index (χ2n) is 6.76. The second-order valence-corrected chi connectivity index (χ2v) is 8.81. The number of alkyl halides is 5. The van der Waals surface area contributed by atoms with Crippen LogP contribution >= 0.6 is 0 Å². The molecule has 0 aromatic heterocycles. The fraction of sp³-hybridized carbons (Fsp3) is 0.562. The molecule has 12 heteroatoms. The number of hydrogen-bond donors (Lipinski definition) is 0. The molecule has 3 rings (SSSR count). The lowest BCUT2D eigenvalue weighted by Crippen LogP contribution is -2.57. The van der Waals surface area contributed by atoms with Crippen LogP contribution in [0.4, 0.5) is 26.7 Å². The highest BCUT2D eigenvalue weighted by Crippen LogP contribution is 2.33. The molecule has 0 spiro atoms. The monoisotopic (exact) mass is 428 g/mol. The van der Waals surface area contributed by atoms with Gasteiger partial charge in [0.2, 0.25) is 10.0 Å². The number of carbonyl (C=O) groups is 1. The zero-order valence-electron chi connectivity index (χ0n) is 14.5. The Kier molecular flexibility index (Phi) is 5.30. The molecule has 0 N–H and O–H groups in total. The van der Waals surface area contributed by atoms with Crippen molar-refractivity contribution in [2.24, 2.45) is 0 Å². The van der Waals surface area contributed by atoms with Crippen molar-refractivity contribution in [3.8, 4) is 5.75 Å². The quantitative estimate of drug-likeness (QED) is 0.680. The van der Waals surface area contributed by atoms with E-state index in [0.29, 0.717) is 23.5 Å². The summed E-state index contributed by atoms with van der Waals surface area (Å²) in [6.45, 7) is -1.14. The first-order valence-corrected chi connectivity index (χ1v) is 10.00. The van der Waals surface area contributed by atoms with Gasteiger partial charge in [0.05, 0.1) is 17.9 Å². The number of sulfonamides is 1. The Bertz CT molecular complexity index is 842. The molecule has 2 fully saturated rings. The Morgan fingerprint density at radius 1 is 1.18 bits per heavy atom. The fourth-order valence-corrected chi connectivity index (χ4v) is 5.08. The van der Waals surface area contributed by atoms with Gasteiger partial charge < -0.3 is 9.64 Å². The van der Waals surface area contributed by atoms with Gasteiger partial charge in [-0.15, -0.1) is 0 Å². The van der Waals surface area contributed by atoms with Crippen LogP contribution in [0.25, 0.3) is 0 Å². The van der Waals surface area contributed by atoms with E-state index in [9.17, 15) is 35.2 Å². The summed E-state index contributed by atoms with van der Waals surface area (Å²) >= 11 is 0. The average Bonchev–Trinajstić information content (AvgIpc) is 2.92. The summed E-state index contributed by atoms with van der Waals surface area (Å²) in [4.78, 5) is 12.9. The van der Waals surface area contributed by atoms with Gasteiger partial charge in [-0.05, 0) is 30.7 Å². The molecule has 0 aliphatic carbocycles. The third-order valence-electron chi connectivity index (χ3n) is 4.58. The number of ether oxygens (including phenoxy) is 1. The third-order valence-corrected chi connectivity index (χ3v) is 6.58. The molecule has 6 nitrogen and oxygen atoms in total. The summed E-state index contributed by atoms with van der Waals surface area (Å²) in [7, 11) is -3.65. The van der Waals surface area contributed by atoms with Gasteiger partial charge in [0.1, 0.15) is 5.75 Å².